The fraction of sp³-hybridized carbons (Fsp3) is 0.941. The molecule has 0 saturated heterocycles. The summed E-state index contributed by atoms with van der Waals surface area (Å²) in [6.45, 7) is 6.58. The summed E-state index contributed by atoms with van der Waals surface area (Å²) in [7, 11) is 0. The summed E-state index contributed by atoms with van der Waals surface area (Å²) < 4.78 is 0. The molecule has 2 aliphatic rings. The number of hydrogen-bond acceptors (Lipinski definition) is 2. The van der Waals surface area contributed by atoms with E-state index in [9.17, 15) is 9.90 Å². The molecule has 0 aromatic heterocycles. The molecule has 2 rings (SSSR count). The van der Waals surface area contributed by atoms with Gasteiger partial charge in [0.25, 0.3) is 0 Å². The Morgan fingerprint density at radius 3 is 2.30 bits per heavy atom. The molecule has 0 bridgehead atoms. The summed E-state index contributed by atoms with van der Waals surface area (Å²) in [5.74, 6) is 0.970. The average molecular weight is 281 g/mol. The highest BCUT2D eigenvalue weighted by Crippen LogP contribution is 2.47. The molecule has 3 N–H and O–H groups in total. The highest BCUT2D eigenvalue weighted by atomic mass is 16.4. The van der Waals surface area contributed by atoms with E-state index < -0.39 is 5.97 Å². The van der Waals surface area contributed by atoms with E-state index in [-0.39, 0.29) is 17.4 Å². The minimum atomic E-state index is -0.578. The average Bonchev–Trinajstić information content (AvgIpc) is 2.80. The van der Waals surface area contributed by atoms with Crippen molar-refractivity contribution in [1.82, 2.24) is 0 Å². The highest BCUT2D eigenvalue weighted by Gasteiger charge is 2.46. The Bertz CT molecular complexity index is 345. The molecule has 0 spiro atoms. The van der Waals surface area contributed by atoms with Gasteiger partial charge >= 0.3 is 5.97 Å². The fourth-order valence-corrected chi connectivity index (χ4v) is 4.77. The third-order valence-electron chi connectivity index (χ3n) is 5.81. The Morgan fingerprint density at radius 2 is 1.80 bits per heavy atom. The first-order valence-corrected chi connectivity index (χ1v) is 8.33. The van der Waals surface area contributed by atoms with E-state index in [0.717, 1.165) is 32.1 Å². The van der Waals surface area contributed by atoms with Gasteiger partial charge in [-0.1, -0.05) is 26.7 Å². The number of carbonyl (C=O) groups is 1. The lowest BCUT2D eigenvalue weighted by Gasteiger charge is -2.46. The summed E-state index contributed by atoms with van der Waals surface area (Å²) in [6, 6.07) is 0. The third kappa shape index (κ3) is 3.36. The second-order valence-electron chi connectivity index (χ2n) is 7.88. The molecule has 2 saturated carbocycles. The first-order chi connectivity index (χ1) is 9.32. The summed E-state index contributed by atoms with van der Waals surface area (Å²) in [5.41, 5.74) is 6.20. The molecule has 116 valence electrons. The number of carboxylic acids is 1. The zero-order valence-electron chi connectivity index (χ0n) is 13.3. The first-order valence-electron chi connectivity index (χ1n) is 8.33. The number of carboxylic acid groups (broad SMARTS) is 1. The lowest BCUT2D eigenvalue weighted by molar-refractivity contribution is -0.148. The molecule has 4 unspecified atom stereocenters. The quantitative estimate of drug-likeness (QED) is 0.826. The SMILES string of the molecule is CC(C)C1CCC(C)(N)CC1C(C(=O)O)C1CCCC1. The summed E-state index contributed by atoms with van der Waals surface area (Å²) >= 11 is 0. The van der Waals surface area contributed by atoms with Gasteiger partial charge in [0, 0.05) is 5.54 Å². The third-order valence-corrected chi connectivity index (χ3v) is 5.81. The van der Waals surface area contributed by atoms with Crippen molar-refractivity contribution in [3.63, 3.8) is 0 Å². The van der Waals surface area contributed by atoms with Gasteiger partial charge in [-0.2, -0.15) is 0 Å². The van der Waals surface area contributed by atoms with E-state index in [1.165, 1.54) is 12.8 Å². The highest BCUT2D eigenvalue weighted by molar-refractivity contribution is 5.71. The van der Waals surface area contributed by atoms with Crippen molar-refractivity contribution in [2.24, 2.45) is 35.3 Å². The Labute approximate surface area is 123 Å². The van der Waals surface area contributed by atoms with E-state index in [0.29, 0.717) is 17.8 Å². The Kier molecular flexibility index (Phi) is 4.78. The largest absolute Gasteiger partial charge is 0.481 e. The van der Waals surface area contributed by atoms with Crippen LogP contribution in [0.5, 0.6) is 0 Å². The molecule has 0 amide bonds. The van der Waals surface area contributed by atoms with Gasteiger partial charge in [0.05, 0.1) is 5.92 Å². The predicted octanol–water partition coefficient (Wildman–Crippen LogP) is 3.67. The van der Waals surface area contributed by atoms with Crippen molar-refractivity contribution in [2.75, 3.05) is 0 Å². The maximum Gasteiger partial charge on any atom is 0.307 e. The van der Waals surface area contributed by atoms with Crippen molar-refractivity contribution in [1.29, 1.82) is 0 Å². The lowest BCUT2D eigenvalue weighted by atomic mass is 9.61. The van der Waals surface area contributed by atoms with Crippen LogP contribution in [0.3, 0.4) is 0 Å². The fourth-order valence-electron chi connectivity index (χ4n) is 4.77. The van der Waals surface area contributed by atoms with E-state index in [1.807, 2.05) is 0 Å². The van der Waals surface area contributed by atoms with Gasteiger partial charge in [-0.3, -0.25) is 4.79 Å². The van der Waals surface area contributed by atoms with E-state index in [1.54, 1.807) is 0 Å². The smallest absolute Gasteiger partial charge is 0.307 e. The van der Waals surface area contributed by atoms with E-state index >= 15 is 0 Å². The van der Waals surface area contributed by atoms with Crippen LogP contribution in [0.25, 0.3) is 0 Å². The van der Waals surface area contributed by atoms with Gasteiger partial charge in [-0.25, -0.2) is 0 Å². The Hall–Kier alpha value is -0.570. The molecule has 3 heteroatoms. The lowest BCUT2D eigenvalue weighted by Crippen LogP contribution is -2.49. The van der Waals surface area contributed by atoms with Gasteiger partial charge in [0.15, 0.2) is 0 Å². The minimum absolute atomic E-state index is 0.173. The molecule has 0 aromatic carbocycles. The molecule has 2 fully saturated rings. The van der Waals surface area contributed by atoms with Crippen molar-refractivity contribution >= 4 is 5.97 Å². The van der Waals surface area contributed by atoms with Crippen molar-refractivity contribution < 1.29 is 9.90 Å². The molecule has 3 nitrogen and oxygen atoms in total. The van der Waals surface area contributed by atoms with Gasteiger partial charge in [0.1, 0.15) is 0 Å². The van der Waals surface area contributed by atoms with Crippen LogP contribution in [-0.4, -0.2) is 16.6 Å². The number of nitrogens with two attached hydrogens (primary N) is 1. The van der Waals surface area contributed by atoms with Gasteiger partial charge < -0.3 is 10.8 Å². The van der Waals surface area contributed by atoms with Crippen LogP contribution in [-0.2, 0) is 4.79 Å². The number of hydrogen-bond donors (Lipinski definition) is 2. The van der Waals surface area contributed by atoms with Crippen LogP contribution in [0.15, 0.2) is 0 Å². The molecular formula is C17H31NO2. The van der Waals surface area contributed by atoms with Crippen LogP contribution in [0.1, 0.15) is 65.7 Å². The molecule has 0 heterocycles. The molecule has 0 radical (unpaired) electrons. The van der Waals surface area contributed by atoms with Crippen LogP contribution in [0, 0.1) is 29.6 Å². The van der Waals surface area contributed by atoms with E-state index in [2.05, 4.69) is 20.8 Å². The maximum absolute atomic E-state index is 11.9. The second-order valence-corrected chi connectivity index (χ2v) is 7.88. The zero-order chi connectivity index (χ0) is 14.9. The van der Waals surface area contributed by atoms with E-state index in [4.69, 9.17) is 5.73 Å². The van der Waals surface area contributed by atoms with Gasteiger partial charge in [-0.15, -0.1) is 0 Å². The predicted molar refractivity (Wildman–Crippen MR) is 81.3 cm³/mol. The van der Waals surface area contributed by atoms with Crippen LogP contribution in [0.4, 0.5) is 0 Å². The molecular weight excluding hydrogens is 250 g/mol. The molecule has 20 heavy (non-hydrogen) atoms. The second kappa shape index (κ2) is 6.05. The van der Waals surface area contributed by atoms with Crippen molar-refractivity contribution in [3.05, 3.63) is 0 Å². The first kappa shape index (κ1) is 15.8. The van der Waals surface area contributed by atoms with Gasteiger partial charge in [-0.05, 0) is 62.7 Å². The van der Waals surface area contributed by atoms with Crippen LogP contribution < -0.4 is 5.73 Å². The zero-order valence-corrected chi connectivity index (χ0v) is 13.3. The maximum atomic E-state index is 11.9. The standard InChI is InChI=1S/C17H31NO2/c1-11(2)13-8-9-17(3,18)10-14(13)15(16(19)20)12-6-4-5-7-12/h11-15H,4-10,18H2,1-3H3,(H,19,20). The Balaban J connectivity index is 2.23. The topological polar surface area (TPSA) is 63.3 Å². The van der Waals surface area contributed by atoms with Gasteiger partial charge in [0.2, 0.25) is 0 Å². The molecule has 4 atom stereocenters. The molecule has 0 aliphatic heterocycles. The number of aliphatic carboxylic acids is 1. The van der Waals surface area contributed by atoms with Crippen LogP contribution >= 0.6 is 0 Å². The minimum Gasteiger partial charge on any atom is -0.481 e. The Morgan fingerprint density at radius 1 is 1.20 bits per heavy atom. The normalized spacial score (nSPS) is 37.2. The molecule has 2 aliphatic carbocycles. The summed E-state index contributed by atoms with van der Waals surface area (Å²) in [4.78, 5) is 11.9. The van der Waals surface area contributed by atoms with Crippen molar-refractivity contribution in [3.8, 4) is 0 Å². The monoisotopic (exact) mass is 281 g/mol. The molecule has 0 aromatic rings. The van der Waals surface area contributed by atoms with Crippen molar-refractivity contribution in [2.45, 2.75) is 71.3 Å². The summed E-state index contributed by atoms with van der Waals surface area (Å²) in [5, 5.41) is 9.81. The number of rotatable bonds is 4. The van der Waals surface area contributed by atoms with Crippen LogP contribution in [0.2, 0.25) is 0 Å². The summed E-state index contributed by atoms with van der Waals surface area (Å²) in [6.07, 6.45) is 7.60.